The number of rotatable bonds is 3. The number of hydrogen-bond acceptors (Lipinski definition) is 2. The van der Waals surface area contributed by atoms with Gasteiger partial charge < -0.3 is 5.11 Å². The first-order valence-corrected chi connectivity index (χ1v) is 5.06. The Morgan fingerprint density at radius 2 is 2.17 bits per heavy atom. The van der Waals surface area contributed by atoms with Gasteiger partial charge in [0.25, 0.3) is 0 Å². The molecular formula is C10H21NO. The molecule has 0 spiro atoms. The van der Waals surface area contributed by atoms with Crippen LogP contribution in [-0.4, -0.2) is 35.2 Å². The summed E-state index contributed by atoms with van der Waals surface area (Å²) in [6, 6.07) is 1.02. The van der Waals surface area contributed by atoms with Crippen molar-refractivity contribution in [3.05, 3.63) is 0 Å². The Kier molecular flexibility index (Phi) is 3.53. The first-order chi connectivity index (χ1) is 5.66. The van der Waals surface area contributed by atoms with E-state index < -0.39 is 0 Å². The van der Waals surface area contributed by atoms with Gasteiger partial charge in [-0.25, -0.2) is 0 Å². The van der Waals surface area contributed by atoms with Gasteiger partial charge >= 0.3 is 0 Å². The molecule has 1 aliphatic rings. The number of hydrogen-bond donors (Lipinski definition) is 1. The highest BCUT2D eigenvalue weighted by molar-refractivity contribution is 4.85. The number of nitrogens with zero attached hydrogens (tertiary/aromatic N) is 1. The van der Waals surface area contributed by atoms with Crippen LogP contribution in [0.25, 0.3) is 0 Å². The second-order valence-corrected chi connectivity index (χ2v) is 3.99. The zero-order valence-electron chi connectivity index (χ0n) is 8.45. The largest absolute Gasteiger partial charge is 0.391 e. The molecule has 72 valence electrons. The fraction of sp³-hybridized carbons (Fsp3) is 1.00. The molecule has 1 saturated carbocycles. The molecule has 2 heteroatoms. The normalized spacial score (nSPS) is 32.8. The molecule has 1 N–H and O–H groups in total. The van der Waals surface area contributed by atoms with Gasteiger partial charge in [-0.3, -0.25) is 4.90 Å². The molecule has 1 fully saturated rings. The molecule has 12 heavy (non-hydrogen) atoms. The minimum absolute atomic E-state index is 0.0796. The van der Waals surface area contributed by atoms with Crippen molar-refractivity contribution in [2.45, 2.75) is 57.7 Å². The standard InChI is InChI=1S/C10H21NO/c1-4-8(2)11(3)9-6-5-7-10(9)12/h8-10,12H,4-7H2,1-3H3/t8?,9-,10-/m1/s1. The van der Waals surface area contributed by atoms with Crippen LogP contribution in [0.3, 0.4) is 0 Å². The lowest BCUT2D eigenvalue weighted by Gasteiger charge is -2.31. The summed E-state index contributed by atoms with van der Waals surface area (Å²) >= 11 is 0. The first-order valence-electron chi connectivity index (χ1n) is 5.06. The molecule has 0 aromatic rings. The summed E-state index contributed by atoms with van der Waals surface area (Å²) in [7, 11) is 2.13. The van der Waals surface area contributed by atoms with Crippen LogP contribution in [-0.2, 0) is 0 Å². The monoisotopic (exact) mass is 171 g/mol. The van der Waals surface area contributed by atoms with Gasteiger partial charge in [0.05, 0.1) is 6.10 Å². The van der Waals surface area contributed by atoms with E-state index in [2.05, 4.69) is 25.8 Å². The third-order valence-corrected chi connectivity index (χ3v) is 3.25. The molecule has 0 amide bonds. The minimum Gasteiger partial charge on any atom is -0.391 e. The van der Waals surface area contributed by atoms with Gasteiger partial charge in [0, 0.05) is 12.1 Å². The molecule has 1 unspecified atom stereocenters. The Morgan fingerprint density at radius 3 is 2.58 bits per heavy atom. The van der Waals surface area contributed by atoms with E-state index in [1.54, 1.807) is 0 Å². The molecule has 0 radical (unpaired) electrons. The van der Waals surface area contributed by atoms with Gasteiger partial charge in [-0.2, -0.15) is 0 Å². The summed E-state index contributed by atoms with van der Waals surface area (Å²) in [6.07, 6.45) is 4.43. The first kappa shape index (κ1) is 10.0. The van der Waals surface area contributed by atoms with Gasteiger partial charge in [0.1, 0.15) is 0 Å². The second-order valence-electron chi connectivity index (χ2n) is 3.99. The molecular weight excluding hydrogens is 150 g/mol. The maximum absolute atomic E-state index is 9.66. The van der Waals surface area contributed by atoms with Gasteiger partial charge in [-0.05, 0) is 39.7 Å². The van der Waals surface area contributed by atoms with Crippen LogP contribution >= 0.6 is 0 Å². The molecule has 1 rings (SSSR count). The van der Waals surface area contributed by atoms with Crippen molar-refractivity contribution in [1.82, 2.24) is 4.90 Å². The van der Waals surface area contributed by atoms with E-state index in [1.807, 2.05) is 0 Å². The van der Waals surface area contributed by atoms with Crippen LogP contribution in [0.15, 0.2) is 0 Å². The molecule has 0 aromatic heterocycles. The van der Waals surface area contributed by atoms with Gasteiger partial charge in [0.15, 0.2) is 0 Å². The average Bonchev–Trinajstić information content (AvgIpc) is 2.48. The van der Waals surface area contributed by atoms with E-state index in [0.29, 0.717) is 12.1 Å². The van der Waals surface area contributed by atoms with Gasteiger partial charge in [0.2, 0.25) is 0 Å². The summed E-state index contributed by atoms with van der Waals surface area (Å²) in [4.78, 5) is 2.33. The molecule has 3 atom stereocenters. The van der Waals surface area contributed by atoms with Crippen molar-refractivity contribution in [1.29, 1.82) is 0 Å². The Labute approximate surface area is 75.6 Å². The zero-order valence-corrected chi connectivity index (χ0v) is 8.45. The Hall–Kier alpha value is -0.0800. The fourth-order valence-electron chi connectivity index (χ4n) is 2.01. The highest BCUT2D eigenvalue weighted by Crippen LogP contribution is 2.24. The lowest BCUT2D eigenvalue weighted by Crippen LogP contribution is -2.42. The molecule has 2 nitrogen and oxygen atoms in total. The van der Waals surface area contributed by atoms with Crippen molar-refractivity contribution >= 4 is 0 Å². The quantitative estimate of drug-likeness (QED) is 0.697. The third-order valence-electron chi connectivity index (χ3n) is 3.25. The second kappa shape index (κ2) is 4.24. The molecule has 0 aliphatic heterocycles. The van der Waals surface area contributed by atoms with Crippen molar-refractivity contribution in [3.8, 4) is 0 Å². The highest BCUT2D eigenvalue weighted by atomic mass is 16.3. The number of aliphatic hydroxyl groups excluding tert-OH is 1. The van der Waals surface area contributed by atoms with E-state index in [1.165, 1.54) is 19.3 Å². The van der Waals surface area contributed by atoms with Crippen LogP contribution in [0.1, 0.15) is 39.5 Å². The molecule has 0 aromatic carbocycles. The molecule has 1 aliphatic carbocycles. The average molecular weight is 171 g/mol. The highest BCUT2D eigenvalue weighted by Gasteiger charge is 2.30. The van der Waals surface area contributed by atoms with Crippen LogP contribution < -0.4 is 0 Å². The molecule has 0 saturated heterocycles. The Morgan fingerprint density at radius 1 is 1.50 bits per heavy atom. The summed E-state index contributed by atoms with van der Waals surface area (Å²) in [5.41, 5.74) is 0. The van der Waals surface area contributed by atoms with E-state index >= 15 is 0 Å². The maximum atomic E-state index is 9.66. The van der Waals surface area contributed by atoms with Gasteiger partial charge in [-0.15, -0.1) is 0 Å². The topological polar surface area (TPSA) is 23.5 Å². The third kappa shape index (κ3) is 1.99. The smallest absolute Gasteiger partial charge is 0.0695 e. The van der Waals surface area contributed by atoms with Crippen LogP contribution in [0.2, 0.25) is 0 Å². The van der Waals surface area contributed by atoms with Crippen LogP contribution in [0.5, 0.6) is 0 Å². The lowest BCUT2D eigenvalue weighted by atomic mass is 10.1. The zero-order chi connectivity index (χ0) is 9.14. The molecule has 0 bridgehead atoms. The van der Waals surface area contributed by atoms with E-state index in [4.69, 9.17) is 0 Å². The summed E-state index contributed by atoms with van der Waals surface area (Å²) in [5.74, 6) is 0. The van der Waals surface area contributed by atoms with E-state index in [-0.39, 0.29) is 6.10 Å². The minimum atomic E-state index is -0.0796. The summed E-state index contributed by atoms with van der Waals surface area (Å²) in [6.45, 7) is 4.42. The van der Waals surface area contributed by atoms with Crippen LogP contribution in [0.4, 0.5) is 0 Å². The van der Waals surface area contributed by atoms with Crippen LogP contribution in [0, 0.1) is 0 Å². The predicted molar refractivity (Wildman–Crippen MR) is 51.2 cm³/mol. The summed E-state index contributed by atoms with van der Waals surface area (Å²) in [5, 5.41) is 9.66. The molecule has 0 heterocycles. The van der Waals surface area contributed by atoms with E-state index in [0.717, 1.165) is 6.42 Å². The van der Waals surface area contributed by atoms with Crippen molar-refractivity contribution in [3.63, 3.8) is 0 Å². The van der Waals surface area contributed by atoms with Gasteiger partial charge in [-0.1, -0.05) is 6.92 Å². The number of likely N-dealkylation sites (N-methyl/N-ethyl adjacent to an activating group) is 1. The van der Waals surface area contributed by atoms with Crippen molar-refractivity contribution < 1.29 is 5.11 Å². The maximum Gasteiger partial charge on any atom is 0.0695 e. The lowest BCUT2D eigenvalue weighted by molar-refractivity contribution is 0.0647. The predicted octanol–water partition coefficient (Wildman–Crippen LogP) is 1.63. The Bertz CT molecular complexity index is 138. The van der Waals surface area contributed by atoms with Crippen molar-refractivity contribution in [2.75, 3.05) is 7.05 Å². The van der Waals surface area contributed by atoms with E-state index in [9.17, 15) is 5.11 Å². The number of aliphatic hydroxyl groups is 1. The SMILES string of the molecule is CCC(C)N(C)[C@@H]1CCC[C@H]1O. The summed E-state index contributed by atoms with van der Waals surface area (Å²) < 4.78 is 0. The fourth-order valence-corrected chi connectivity index (χ4v) is 2.01. The van der Waals surface area contributed by atoms with Crippen molar-refractivity contribution in [2.24, 2.45) is 0 Å². The Balaban J connectivity index is 2.45.